The van der Waals surface area contributed by atoms with Crippen molar-refractivity contribution in [3.8, 4) is 46.4 Å². The molecule has 0 radical (unpaired) electrons. The van der Waals surface area contributed by atoms with Crippen LogP contribution in [0.5, 0.6) is 35.0 Å². The van der Waals surface area contributed by atoms with Crippen molar-refractivity contribution in [3.05, 3.63) is 94.1 Å². The Morgan fingerprint density at radius 1 is 0.489 bits per heavy atom. The average molecular weight is 659 g/mol. The van der Waals surface area contributed by atoms with Crippen molar-refractivity contribution in [2.45, 2.75) is 54.3 Å². The summed E-state index contributed by atoms with van der Waals surface area (Å²) in [5.74, 6) is -5.50. The second-order valence-corrected chi connectivity index (χ2v) is 12.4. The zero-order chi connectivity index (χ0) is 33.5. The van der Waals surface area contributed by atoms with Crippen LogP contribution in [0.4, 0.5) is 26.3 Å². The number of fused-ring (bicyclic) bond motifs is 10. The Kier molecular flexibility index (Phi) is 5.62. The Balaban J connectivity index is 1.36. The van der Waals surface area contributed by atoms with Crippen LogP contribution in [0.15, 0.2) is 60.7 Å². The van der Waals surface area contributed by atoms with Gasteiger partial charge in [0.15, 0.2) is 0 Å². The maximum atomic E-state index is 15.2. The van der Waals surface area contributed by atoms with Crippen LogP contribution >= 0.6 is 0 Å². The number of halogens is 6. The van der Waals surface area contributed by atoms with Crippen LogP contribution in [-0.2, 0) is 5.41 Å². The first-order chi connectivity index (χ1) is 22.1. The molecule has 2 aromatic carbocycles. The molecule has 4 aliphatic carbocycles. The third-order valence-electron chi connectivity index (χ3n) is 10.2. The van der Waals surface area contributed by atoms with Crippen molar-refractivity contribution in [3.63, 3.8) is 0 Å². The van der Waals surface area contributed by atoms with Crippen LogP contribution in [0, 0.1) is 0 Å². The van der Waals surface area contributed by atoms with Gasteiger partial charge in [0.25, 0.3) is 0 Å². The van der Waals surface area contributed by atoms with E-state index in [4.69, 9.17) is 0 Å². The zero-order valence-corrected chi connectivity index (χ0v) is 23.8. The summed E-state index contributed by atoms with van der Waals surface area (Å²) in [6.45, 7) is 0. The molecule has 244 valence electrons. The molecule has 0 saturated carbocycles. The van der Waals surface area contributed by atoms with E-state index in [-0.39, 0.29) is 45.9 Å². The highest BCUT2D eigenvalue weighted by atomic mass is 19.4. The molecule has 2 aromatic heterocycles. The highest BCUT2D eigenvalue weighted by molar-refractivity contribution is 5.67. The lowest BCUT2D eigenvalue weighted by Crippen LogP contribution is -2.54. The van der Waals surface area contributed by atoms with E-state index in [1.54, 1.807) is 24.3 Å². The Morgan fingerprint density at radius 2 is 0.787 bits per heavy atom. The summed E-state index contributed by atoms with van der Waals surface area (Å²) in [5, 5.41) is 65.5. The minimum Gasteiger partial charge on any atom is -0.506 e. The molecule has 4 atom stereocenters. The second kappa shape index (κ2) is 9.02. The summed E-state index contributed by atoms with van der Waals surface area (Å²) in [6, 6.07) is 2.87. The molecular weight excluding hydrogens is 634 g/mol. The van der Waals surface area contributed by atoms with E-state index in [0.717, 1.165) is 0 Å². The number of aromatic hydroxyl groups is 6. The Labute approximate surface area is 261 Å². The minimum absolute atomic E-state index is 0.266. The van der Waals surface area contributed by atoms with Gasteiger partial charge in [-0.25, -0.2) is 9.13 Å². The fraction of sp³-hybridized carbons (Fsp3) is 0.273. The van der Waals surface area contributed by atoms with Gasteiger partial charge in [0.05, 0.1) is 11.4 Å². The molecule has 4 bridgehead atoms. The molecule has 0 fully saturated rings. The van der Waals surface area contributed by atoms with Crippen LogP contribution in [-0.4, -0.2) is 52.1 Å². The van der Waals surface area contributed by atoms with Crippen molar-refractivity contribution in [2.24, 2.45) is 0 Å². The Hall–Kier alpha value is -5.14. The molecular formula is C33H24F6N2O6. The third-order valence-corrected chi connectivity index (χ3v) is 10.2. The number of phenolic OH excluding ortho intramolecular Hbond substituents is 2. The van der Waals surface area contributed by atoms with E-state index in [2.05, 4.69) is 0 Å². The molecule has 2 heterocycles. The monoisotopic (exact) mass is 658 g/mol. The fourth-order valence-electron chi connectivity index (χ4n) is 8.19. The van der Waals surface area contributed by atoms with E-state index in [1.807, 2.05) is 0 Å². The van der Waals surface area contributed by atoms with Crippen molar-refractivity contribution in [2.75, 3.05) is 0 Å². The standard InChI is InChI=1S/C33H24F6N2O6/c34-32(35,36)31(33(37,38)39,17-5-7-21(42)19(11-17)40-27(44)23-13-1-2-14(9-13)24(23)28(40)45)18-6-8-22(43)20(12-18)41-29(46)25-15-3-4-16(10-15)26(25)30(41)47/h1-8,11-16,42-47H,9-10H2. The number of aromatic nitrogens is 2. The van der Waals surface area contributed by atoms with E-state index in [1.165, 1.54) is 0 Å². The molecule has 6 N–H and O–H groups in total. The molecule has 0 aliphatic heterocycles. The van der Waals surface area contributed by atoms with E-state index < -0.39 is 75.3 Å². The van der Waals surface area contributed by atoms with Crippen molar-refractivity contribution < 1.29 is 57.0 Å². The first-order valence-corrected chi connectivity index (χ1v) is 14.6. The van der Waals surface area contributed by atoms with Gasteiger partial charge in [-0.05, 0) is 48.2 Å². The van der Waals surface area contributed by atoms with Crippen LogP contribution in [0.25, 0.3) is 11.4 Å². The predicted octanol–water partition coefficient (Wildman–Crippen LogP) is 7.19. The van der Waals surface area contributed by atoms with Gasteiger partial charge in [-0.2, -0.15) is 26.3 Å². The highest BCUT2D eigenvalue weighted by Crippen LogP contribution is 2.61. The number of benzene rings is 2. The smallest absolute Gasteiger partial charge is 0.411 e. The molecule has 47 heavy (non-hydrogen) atoms. The summed E-state index contributed by atoms with van der Waals surface area (Å²) in [5.41, 5.74) is -8.07. The lowest BCUT2D eigenvalue weighted by Gasteiger charge is -2.38. The molecule has 0 spiro atoms. The van der Waals surface area contributed by atoms with Crippen LogP contribution in [0.2, 0.25) is 0 Å². The fourth-order valence-corrected chi connectivity index (χ4v) is 8.19. The number of hydrogen-bond donors (Lipinski definition) is 6. The molecule has 8 rings (SSSR count). The van der Waals surface area contributed by atoms with Crippen molar-refractivity contribution in [1.29, 1.82) is 0 Å². The number of phenols is 2. The SMILES string of the molecule is Oc1ccc(C(c2ccc(O)c(-n3c(O)c4c(c3O)C3C=CC4C3)c2)(C(F)(F)F)C(F)(F)F)cc1-n1c(O)c2c(c1O)C1C=CC2C1. The number of alkyl halides is 6. The summed E-state index contributed by atoms with van der Waals surface area (Å²) in [7, 11) is 0. The zero-order valence-electron chi connectivity index (χ0n) is 23.8. The number of nitrogens with zero attached hydrogens (tertiary/aromatic N) is 2. The average Bonchev–Trinajstić information content (AvgIpc) is 3.83. The molecule has 14 heteroatoms. The Morgan fingerprint density at radius 3 is 1.06 bits per heavy atom. The maximum absolute atomic E-state index is 15.2. The Bertz CT molecular complexity index is 1870. The summed E-state index contributed by atoms with van der Waals surface area (Å²) < 4.78 is 92.7. The number of allylic oxidation sites excluding steroid dienone is 4. The second-order valence-electron chi connectivity index (χ2n) is 12.4. The normalized spacial score (nSPS) is 22.4. The van der Waals surface area contributed by atoms with Gasteiger partial charge in [-0.1, -0.05) is 36.4 Å². The van der Waals surface area contributed by atoms with Crippen LogP contribution in [0.3, 0.4) is 0 Å². The summed E-state index contributed by atoms with van der Waals surface area (Å²) >= 11 is 0. The molecule has 4 aromatic rings. The highest BCUT2D eigenvalue weighted by Gasteiger charge is 2.72. The van der Waals surface area contributed by atoms with Crippen molar-refractivity contribution >= 4 is 0 Å². The first-order valence-electron chi connectivity index (χ1n) is 14.6. The summed E-state index contributed by atoms with van der Waals surface area (Å²) in [4.78, 5) is 0. The molecule has 0 amide bonds. The molecule has 4 aliphatic rings. The lowest BCUT2D eigenvalue weighted by molar-refractivity contribution is -0.288. The maximum Gasteiger partial charge on any atom is 0.411 e. The van der Waals surface area contributed by atoms with E-state index in [9.17, 15) is 30.6 Å². The van der Waals surface area contributed by atoms with E-state index >= 15 is 26.3 Å². The topological polar surface area (TPSA) is 131 Å². The van der Waals surface area contributed by atoms with Gasteiger partial charge in [0.2, 0.25) is 28.9 Å². The van der Waals surface area contributed by atoms with Gasteiger partial charge in [-0.3, -0.25) is 0 Å². The summed E-state index contributed by atoms with van der Waals surface area (Å²) in [6.07, 6.45) is -4.09. The largest absolute Gasteiger partial charge is 0.506 e. The first kappa shape index (κ1) is 29.3. The van der Waals surface area contributed by atoms with Crippen LogP contribution < -0.4 is 0 Å². The molecule has 0 saturated heterocycles. The van der Waals surface area contributed by atoms with Crippen molar-refractivity contribution in [1.82, 2.24) is 9.13 Å². The van der Waals surface area contributed by atoms with Gasteiger partial charge in [-0.15, -0.1) is 0 Å². The molecule has 8 nitrogen and oxygen atoms in total. The van der Waals surface area contributed by atoms with Crippen LogP contribution in [0.1, 0.15) is 69.9 Å². The quantitative estimate of drug-likeness (QED) is 0.102. The lowest BCUT2D eigenvalue weighted by atomic mass is 9.72. The number of rotatable bonds is 4. The molecule has 4 unspecified atom stereocenters. The van der Waals surface area contributed by atoms with Gasteiger partial charge < -0.3 is 30.6 Å². The third kappa shape index (κ3) is 3.50. The van der Waals surface area contributed by atoms with E-state index in [0.29, 0.717) is 58.4 Å². The predicted molar refractivity (Wildman–Crippen MR) is 153 cm³/mol. The van der Waals surface area contributed by atoms with Gasteiger partial charge in [0.1, 0.15) is 11.5 Å². The minimum atomic E-state index is -6.11. The number of hydrogen-bond acceptors (Lipinski definition) is 6. The van der Waals surface area contributed by atoms with Gasteiger partial charge >= 0.3 is 12.4 Å². The van der Waals surface area contributed by atoms with Gasteiger partial charge in [0, 0.05) is 45.9 Å².